The Kier molecular flexibility index (Phi) is 4.32. The van der Waals surface area contributed by atoms with Gasteiger partial charge < -0.3 is 15.2 Å². The first-order chi connectivity index (χ1) is 12.7. The number of pyridine rings is 1. The third-order valence-electron chi connectivity index (χ3n) is 5.06. The van der Waals surface area contributed by atoms with Gasteiger partial charge in [0, 0.05) is 37.6 Å². The first kappa shape index (κ1) is 16.6. The fourth-order valence-corrected chi connectivity index (χ4v) is 3.68. The van der Waals surface area contributed by atoms with Crippen LogP contribution in [0.1, 0.15) is 34.8 Å². The number of carbonyl (C=O) groups is 1. The van der Waals surface area contributed by atoms with Crippen molar-refractivity contribution >= 4 is 22.6 Å². The van der Waals surface area contributed by atoms with Crippen LogP contribution in [0.2, 0.25) is 0 Å². The molecule has 0 bridgehead atoms. The quantitative estimate of drug-likeness (QED) is 0.754. The molecule has 3 aromatic rings. The topological polar surface area (TPSA) is 61.0 Å². The second-order valence-electron chi connectivity index (χ2n) is 6.70. The van der Waals surface area contributed by atoms with E-state index in [2.05, 4.69) is 15.3 Å². The van der Waals surface area contributed by atoms with Gasteiger partial charge in [0.15, 0.2) is 0 Å². The maximum atomic E-state index is 13.9. The van der Waals surface area contributed by atoms with Gasteiger partial charge in [-0.05, 0) is 42.7 Å². The lowest BCUT2D eigenvalue weighted by Crippen LogP contribution is -2.39. The number of nitrogens with zero attached hydrogens (tertiary/aromatic N) is 2. The lowest BCUT2D eigenvalue weighted by molar-refractivity contribution is 0.0702. The van der Waals surface area contributed by atoms with E-state index in [-0.39, 0.29) is 17.6 Å². The zero-order chi connectivity index (χ0) is 18.1. The summed E-state index contributed by atoms with van der Waals surface area (Å²) in [5.74, 6) is 0.698. The van der Waals surface area contributed by atoms with Crippen molar-refractivity contribution in [3.63, 3.8) is 0 Å². The van der Waals surface area contributed by atoms with Crippen LogP contribution in [0.4, 0.5) is 10.2 Å². The van der Waals surface area contributed by atoms with E-state index in [1.54, 1.807) is 24.4 Å². The summed E-state index contributed by atoms with van der Waals surface area (Å²) in [4.78, 5) is 22.0. The molecule has 1 saturated heterocycles. The maximum absolute atomic E-state index is 13.9. The Morgan fingerprint density at radius 2 is 2.23 bits per heavy atom. The van der Waals surface area contributed by atoms with Crippen LogP contribution in [0, 0.1) is 5.82 Å². The number of carbonyl (C=O) groups excluding carboxylic acids is 1. The molecule has 1 aliphatic heterocycles. The van der Waals surface area contributed by atoms with E-state index in [1.807, 2.05) is 24.1 Å². The number of rotatable bonds is 3. The molecule has 26 heavy (non-hydrogen) atoms. The molecule has 6 heteroatoms. The number of nitrogens with one attached hydrogen (secondary N) is 2. The Balaban J connectivity index is 1.56. The van der Waals surface area contributed by atoms with Crippen molar-refractivity contribution in [3.8, 4) is 0 Å². The van der Waals surface area contributed by atoms with Crippen LogP contribution < -0.4 is 5.32 Å². The number of H-pyrrole nitrogens is 1. The molecule has 0 saturated carbocycles. The summed E-state index contributed by atoms with van der Waals surface area (Å²) in [6, 6.07) is 10.6. The van der Waals surface area contributed by atoms with Crippen molar-refractivity contribution in [2.75, 3.05) is 25.5 Å². The molecule has 0 aliphatic carbocycles. The number of fused-ring (bicyclic) bond motifs is 1. The van der Waals surface area contributed by atoms with Crippen molar-refractivity contribution in [1.82, 2.24) is 14.9 Å². The minimum Gasteiger partial charge on any atom is -0.373 e. The number of amides is 1. The lowest BCUT2D eigenvalue weighted by Gasteiger charge is -2.33. The summed E-state index contributed by atoms with van der Waals surface area (Å²) in [6.45, 7) is 1.38. The van der Waals surface area contributed by atoms with E-state index >= 15 is 0 Å². The fraction of sp³-hybridized carbons (Fsp3) is 0.300. The highest BCUT2D eigenvalue weighted by Crippen LogP contribution is 2.29. The third kappa shape index (κ3) is 3.03. The average molecular weight is 352 g/mol. The number of para-hydroxylation sites is 1. The number of hydrogen-bond donors (Lipinski definition) is 2. The van der Waals surface area contributed by atoms with Crippen molar-refractivity contribution < 1.29 is 9.18 Å². The van der Waals surface area contributed by atoms with E-state index in [1.165, 1.54) is 11.6 Å². The van der Waals surface area contributed by atoms with Crippen molar-refractivity contribution in [2.45, 2.75) is 18.8 Å². The molecule has 2 N–H and O–H groups in total. The van der Waals surface area contributed by atoms with Gasteiger partial charge in [0.05, 0.1) is 5.52 Å². The monoisotopic (exact) mass is 352 g/mol. The van der Waals surface area contributed by atoms with Crippen molar-refractivity contribution in [3.05, 3.63) is 59.7 Å². The molecule has 0 radical (unpaired) electrons. The van der Waals surface area contributed by atoms with Gasteiger partial charge in [-0.3, -0.25) is 4.79 Å². The van der Waals surface area contributed by atoms with E-state index in [0.717, 1.165) is 30.6 Å². The molecule has 5 nitrogen and oxygen atoms in total. The van der Waals surface area contributed by atoms with Crippen LogP contribution in [-0.4, -0.2) is 40.9 Å². The molecule has 1 fully saturated rings. The summed E-state index contributed by atoms with van der Waals surface area (Å²) in [5, 5.41) is 3.77. The second kappa shape index (κ2) is 6.78. The summed E-state index contributed by atoms with van der Waals surface area (Å²) in [6.07, 6.45) is 3.78. The number of halogens is 1. The van der Waals surface area contributed by atoms with Crippen LogP contribution in [0.3, 0.4) is 0 Å². The zero-order valence-corrected chi connectivity index (χ0v) is 14.6. The van der Waals surface area contributed by atoms with Gasteiger partial charge in [0.1, 0.15) is 17.3 Å². The molecule has 1 amide bonds. The molecule has 0 spiro atoms. The minimum atomic E-state index is -0.338. The minimum absolute atomic E-state index is 0.0757. The number of aromatic nitrogens is 2. The largest absolute Gasteiger partial charge is 0.373 e. The normalized spacial score (nSPS) is 17.5. The molecule has 1 aliphatic rings. The van der Waals surface area contributed by atoms with E-state index in [9.17, 15) is 9.18 Å². The Bertz CT molecular complexity index is 952. The zero-order valence-electron chi connectivity index (χ0n) is 14.6. The number of hydrogen-bond acceptors (Lipinski definition) is 3. The van der Waals surface area contributed by atoms with Gasteiger partial charge in [-0.1, -0.05) is 12.1 Å². The Hall–Kier alpha value is -2.89. The van der Waals surface area contributed by atoms with Crippen molar-refractivity contribution in [2.24, 2.45) is 0 Å². The highest BCUT2D eigenvalue weighted by molar-refractivity contribution is 5.98. The van der Waals surface area contributed by atoms with Crippen LogP contribution in [0.15, 0.2) is 42.6 Å². The molecular formula is C20H21FN4O. The predicted octanol–water partition coefficient (Wildman–Crippen LogP) is 3.76. The Labute approximate surface area is 151 Å². The number of piperidine rings is 1. The Morgan fingerprint density at radius 1 is 1.35 bits per heavy atom. The lowest BCUT2D eigenvalue weighted by atomic mass is 9.91. The standard InChI is InChI=1S/C20H21FN4O/c1-22-18-11-13(7-8-23-18)15-5-3-9-25(12-15)20(26)17-10-14-4-2-6-16(21)19(14)24-17/h2,4,6-8,10-11,15,24H,3,5,9,12H2,1H3,(H,22,23). The van der Waals surface area contributed by atoms with Crippen LogP contribution in [0.5, 0.6) is 0 Å². The van der Waals surface area contributed by atoms with Gasteiger partial charge >= 0.3 is 0 Å². The first-order valence-corrected chi connectivity index (χ1v) is 8.86. The SMILES string of the molecule is CNc1cc(C2CCCN(C(=O)c3cc4cccc(F)c4[nH]3)C2)ccn1. The smallest absolute Gasteiger partial charge is 0.270 e. The molecule has 2 aromatic heterocycles. The highest BCUT2D eigenvalue weighted by atomic mass is 19.1. The fourth-order valence-electron chi connectivity index (χ4n) is 3.68. The Morgan fingerprint density at radius 3 is 3.04 bits per heavy atom. The molecule has 3 heterocycles. The molecule has 4 rings (SSSR count). The summed E-state index contributed by atoms with van der Waals surface area (Å²) >= 11 is 0. The molecule has 1 aromatic carbocycles. The highest BCUT2D eigenvalue weighted by Gasteiger charge is 2.26. The van der Waals surface area contributed by atoms with Crippen LogP contribution >= 0.6 is 0 Å². The van der Waals surface area contributed by atoms with Crippen LogP contribution in [-0.2, 0) is 0 Å². The summed E-state index contributed by atoms with van der Waals surface area (Å²) in [7, 11) is 1.85. The van der Waals surface area contributed by atoms with Gasteiger partial charge in [0.25, 0.3) is 5.91 Å². The molecule has 1 unspecified atom stereocenters. The third-order valence-corrected chi connectivity index (χ3v) is 5.06. The summed E-state index contributed by atoms with van der Waals surface area (Å²) in [5.41, 5.74) is 2.01. The maximum Gasteiger partial charge on any atom is 0.270 e. The number of aromatic amines is 1. The number of anilines is 1. The number of likely N-dealkylation sites (tertiary alicyclic amines) is 1. The van der Waals surface area contributed by atoms with E-state index < -0.39 is 0 Å². The summed E-state index contributed by atoms with van der Waals surface area (Å²) < 4.78 is 13.9. The average Bonchev–Trinajstić information content (AvgIpc) is 3.13. The van der Waals surface area contributed by atoms with Gasteiger partial charge in [-0.2, -0.15) is 0 Å². The predicted molar refractivity (Wildman–Crippen MR) is 99.9 cm³/mol. The molecule has 1 atom stereocenters. The van der Waals surface area contributed by atoms with Crippen LogP contribution in [0.25, 0.3) is 10.9 Å². The van der Waals surface area contributed by atoms with Gasteiger partial charge in [-0.25, -0.2) is 9.37 Å². The van der Waals surface area contributed by atoms with Gasteiger partial charge in [-0.15, -0.1) is 0 Å². The van der Waals surface area contributed by atoms with Gasteiger partial charge in [0.2, 0.25) is 0 Å². The van der Waals surface area contributed by atoms with Crippen molar-refractivity contribution in [1.29, 1.82) is 0 Å². The molecular weight excluding hydrogens is 331 g/mol. The van der Waals surface area contributed by atoms with E-state index in [0.29, 0.717) is 17.8 Å². The number of benzene rings is 1. The first-order valence-electron chi connectivity index (χ1n) is 8.86. The second-order valence-corrected chi connectivity index (χ2v) is 6.70. The van der Waals surface area contributed by atoms with E-state index in [4.69, 9.17) is 0 Å². The molecule has 134 valence electrons.